The summed E-state index contributed by atoms with van der Waals surface area (Å²) in [6.45, 7) is 2.14. The predicted octanol–water partition coefficient (Wildman–Crippen LogP) is 1.74. The third-order valence-corrected chi connectivity index (χ3v) is 1.93. The van der Waals surface area contributed by atoms with Gasteiger partial charge in [-0.15, -0.1) is 0 Å². The maximum atomic E-state index is 11.0. The van der Waals surface area contributed by atoms with Crippen LogP contribution < -0.4 is 5.32 Å². The number of rotatable bonds is 3. The quantitative estimate of drug-likeness (QED) is 0.763. The predicted molar refractivity (Wildman–Crippen MR) is 55.0 cm³/mol. The molecule has 0 spiro atoms. The van der Waals surface area contributed by atoms with Crippen LogP contribution in [-0.2, 0) is 11.3 Å². The molecule has 1 aromatic rings. The number of aryl methyl sites for hydroxylation is 1. The van der Waals surface area contributed by atoms with E-state index in [1.54, 1.807) is 6.07 Å². The Labute approximate surface area is 88.5 Å². The summed E-state index contributed by atoms with van der Waals surface area (Å²) in [6.07, 6.45) is -0.570. The van der Waals surface area contributed by atoms with E-state index in [1.165, 1.54) is 0 Å². The Balaban J connectivity index is 2.41. The van der Waals surface area contributed by atoms with Crippen molar-refractivity contribution in [1.82, 2.24) is 5.32 Å². The van der Waals surface area contributed by atoms with Crippen molar-refractivity contribution in [2.75, 3.05) is 6.54 Å². The van der Waals surface area contributed by atoms with Crippen LogP contribution in [0.1, 0.15) is 11.1 Å². The molecule has 0 aromatic heterocycles. The first-order valence-corrected chi connectivity index (χ1v) is 4.56. The van der Waals surface area contributed by atoms with Crippen molar-refractivity contribution in [3.05, 3.63) is 35.4 Å². The minimum Gasteiger partial charge on any atom is -0.445 e. The molecule has 0 atom stereocenters. The number of alkyl carbamates (subject to hydrolysis) is 1. The minimum absolute atomic E-state index is 0.0351. The van der Waals surface area contributed by atoms with E-state index in [-0.39, 0.29) is 13.2 Å². The Kier molecular flexibility index (Phi) is 4.17. The molecular formula is C11H12N2O2. The fourth-order valence-electron chi connectivity index (χ4n) is 1.08. The lowest BCUT2D eigenvalue weighted by Crippen LogP contribution is -2.24. The van der Waals surface area contributed by atoms with Gasteiger partial charge in [0.1, 0.15) is 13.2 Å². The average Bonchev–Trinajstić information content (AvgIpc) is 2.25. The van der Waals surface area contributed by atoms with Crippen molar-refractivity contribution >= 4 is 6.09 Å². The number of carbonyl (C=O) groups excluding carboxylic acids is 1. The van der Waals surface area contributed by atoms with Gasteiger partial charge in [0.05, 0.1) is 6.07 Å². The number of hydrogen-bond donors (Lipinski definition) is 1. The average molecular weight is 204 g/mol. The Morgan fingerprint density at radius 1 is 1.53 bits per heavy atom. The first kappa shape index (κ1) is 11.1. The number of nitriles is 1. The highest BCUT2D eigenvalue weighted by atomic mass is 16.5. The molecule has 0 heterocycles. The minimum atomic E-state index is -0.570. The summed E-state index contributed by atoms with van der Waals surface area (Å²) in [6, 6.07) is 9.46. The lowest BCUT2D eigenvalue weighted by molar-refractivity contribution is 0.140. The summed E-state index contributed by atoms with van der Waals surface area (Å²) >= 11 is 0. The summed E-state index contributed by atoms with van der Waals surface area (Å²) in [5.41, 5.74) is 2.04. The fourth-order valence-corrected chi connectivity index (χ4v) is 1.08. The van der Waals surface area contributed by atoms with Gasteiger partial charge in [0.15, 0.2) is 0 Å². The van der Waals surface area contributed by atoms with Gasteiger partial charge >= 0.3 is 6.09 Å². The third kappa shape index (κ3) is 3.69. The number of carbonyl (C=O) groups is 1. The van der Waals surface area contributed by atoms with E-state index in [9.17, 15) is 4.79 Å². The molecule has 0 fully saturated rings. The van der Waals surface area contributed by atoms with E-state index in [4.69, 9.17) is 10.00 Å². The molecule has 1 rings (SSSR count). The smallest absolute Gasteiger partial charge is 0.408 e. The molecule has 0 saturated heterocycles. The lowest BCUT2D eigenvalue weighted by atomic mass is 10.1. The van der Waals surface area contributed by atoms with E-state index in [0.717, 1.165) is 11.1 Å². The molecule has 15 heavy (non-hydrogen) atoms. The zero-order chi connectivity index (χ0) is 11.1. The molecule has 4 heteroatoms. The van der Waals surface area contributed by atoms with Gasteiger partial charge in [-0.3, -0.25) is 0 Å². The highest BCUT2D eigenvalue weighted by Crippen LogP contribution is 2.07. The molecule has 0 aliphatic heterocycles. The Bertz CT molecular complexity index is 382. The van der Waals surface area contributed by atoms with Crippen molar-refractivity contribution in [3.8, 4) is 6.07 Å². The third-order valence-electron chi connectivity index (χ3n) is 1.93. The number of benzene rings is 1. The van der Waals surface area contributed by atoms with Gasteiger partial charge in [-0.25, -0.2) is 4.79 Å². The van der Waals surface area contributed by atoms with Gasteiger partial charge in [-0.1, -0.05) is 24.3 Å². The zero-order valence-electron chi connectivity index (χ0n) is 8.49. The first-order chi connectivity index (χ1) is 7.24. The number of hydrogen-bond acceptors (Lipinski definition) is 3. The second-order valence-corrected chi connectivity index (χ2v) is 3.01. The number of ether oxygens (including phenoxy) is 1. The van der Waals surface area contributed by atoms with Crippen molar-refractivity contribution in [1.29, 1.82) is 5.26 Å². The van der Waals surface area contributed by atoms with E-state index < -0.39 is 6.09 Å². The normalized spacial score (nSPS) is 9.07. The van der Waals surface area contributed by atoms with Gasteiger partial charge < -0.3 is 10.1 Å². The second-order valence-electron chi connectivity index (χ2n) is 3.01. The SMILES string of the molecule is Cc1ccccc1COC(=O)NCC#N. The van der Waals surface area contributed by atoms with Crippen LogP contribution in [0.4, 0.5) is 4.79 Å². The second kappa shape index (κ2) is 5.66. The zero-order valence-corrected chi connectivity index (χ0v) is 8.49. The molecule has 4 nitrogen and oxygen atoms in total. The maximum absolute atomic E-state index is 11.0. The van der Waals surface area contributed by atoms with E-state index in [1.807, 2.05) is 31.2 Å². The lowest BCUT2D eigenvalue weighted by Gasteiger charge is -2.06. The van der Waals surface area contributed by atoms with Crippen LogP contribution in [0.5, 0.6) is 0 Å². The van der Waals surface area contributed by atoms with Crippen molar-refractivity contribution < 1.29 is 9.53 Å². The monoisotopic (exact) mass is 204 g/mol. The van der Waals surface area contributed by atoms with Gasteiger partial charge in [0.25, 0.3) is 0 Å². The van der Waals surface area contributed by atoms with Crippen LogP contribution in [0.15, 0.2) is 24.3 Å². The van der Waals surface area contributed by atoms with E-state index in [2.05, 4.69) is 5.32 Å². The molecule has 0 saturated carbocycles. The molecule has 0 aliphatic rings. The van der Waals surface area contributed by atoms with Crippen molar-refractivity contribution in [3.63, 3.8) is 0 Å². The molecule has 1 N–H and O–H groups in total. The van der Waals surface area contributed by atoms with Gasteiger partial charge in [0.2, 0.25) is 0 Å². The van der Waals surface area contributed by atoms with Crippen LogP contribution >= 0.6 is 0 Å². The Morgan fingerprint density at radius 2 is 2.27 bits per heavy atom. The van der Waals surface area contributed by atoms with Crippen molar-refractivity contribution in [2.45, 2.75) is 13.5 Å². The van der Waals surface area contributed by atoms with Gasteiger partial charge in [-0.05, 0) is 18.1 Å². The largest absolute Gasteiger partial charge is 0.445 e. The molecule has 0 aliphatic carbocycles. The van der Waals surface area contributed by atoms with E-state index in [0.29, 0.717) is 0 Å². The Hall–Kier alpha value is -2.02. The number of nitrogens with one attached hydrogen (secondary N) is 1. The van der Waals surface area contributed by atoms with Crippen molar-refractivity contribution in [2.24, 2.45) is 0 Å². The summed E-state index contributed by atoms with van der Waals surface area (Å²) in [5.74, 6) is 0. The molecule has 0 unspecified atom stereocenters. The van der Waals surface area contributed by atoms with Crippen LogP contribution in [-0.4, -0.2) is 12.6 Å². The standard InChI is InChI=1S/C11H12N2O2/c1-9-4-2-3-5-10(9)8-15-11(14)13-7-6-12/h2-5H,7-8H2,1H3,(H,13,14). The molecule has 1 aromatic carbocycles. The summed E-state index contributed by atoms with van der Waals surface area (Å²) in [4.78, 5) is 11.0. The number of amides is 1. The Morgan fingerprint density at radius 3 is 2.93 bits per heavy atom. The summed E-state index contributed by atoms with van der Waals surface area (Å²) in [7, 11) is 0. The molecule has 0 bridgehead atoms. The highest BCUT2D eigenvalue weighted by Gasteiger charge is 2.02. The maximum Gasteiger partial charge on any atom is 0.408 e. The van der Waals surface area contributed by atoms with Gasteiger partial charge in [-0.2, -0.15) is 5.26 Å². The number of nitrogens with zero attached hydrogens (tertiary/aromatic N) is 1. The first-order valence-electron chi connectivity index (χ1n) is 4.56. The highest BCUT2D eigenvalue weighted by molar-refractivity contribution is 5.67. The van der Waals surface area contributed by atoms with Crippen LogP contribution in [0.2, 0.25) is 0 Å². The summed E-state index contributed by atoms with van der Waals surface area (Å²) in [5, 5.41) is 10.5. The molecular weight excluding hydrogens is 192 g/mol. The van der Waals surface area contributed by atoms with E-state index >= 15 is 0 Å². The topological polar surface area (TPSA) is 62.1 Å². The molecule has 0 radical (unpaired) electrons. The molecule has 78 valence electrons. The summed E-state index contributed by atoms with van der Waals surface area (Å²) < 4.78 is 4.91. The van der Waals surface area contributed by atoms with Gasteiger partial charge in [0, 0.05) is 0 Å². The van der Waals surface area contributed by atoms with Crippen LogP contribution in [0.25, 0.3) is 0 Å². The van der Waals surface area contributed by atoms with Crippen LogP contribution in [0.3, 0.4) is 0 Å². The van der Waals surface area contributed by atoms with Crippen LogP contribution in [0, 0.1) is 18.3 Å². The fraction of sp³-hybridized carbons (Fsp3) is 0.273. The molecule has 1 amide bonds.